The van der Waals surface area contributed by atoms with E-state index in [4.69, 9.17) is 9.84 Å². The van der Waals surface area contributed by atoms with Crippen LogP contribution in [0.2, 0.25) is 0 Å². The third-order valence-electron chi connectivity index (χ3n) is 3.39. The zero-order valence-electron chi connectivity index (χ0n) is 12.2. The van der Waals surface area contributed by atoms with Crippen molar-refractivity contribution in [3.8, 4) is 17.0 Å². The summed E-state index contributed by atoms with van der Waals surface area (Å²) < 4.78 is 8.27. The molecular weight excluding hydrogens is 320 g/mol. The van der Waals surface area contributed by atoms with Crippen LogP contribution in [-0.4, -0.2) is 28.4 Å². The summed E-state index contributed by atoms with van der Waals surface area (Å²) in [6, 6.07) is 4.14. The molecule has 1 heterocycles. The molecule has 0 bridgehead atoms. The molecule has 0 aliphatic carbocycles. The van der Waals surface area contributed by atoms with Gasteiger partial charge in [-0.15, -0.1) is 0 Å². The summed E-state index contributed by atoms with van der Waals surface area (Å²) in [4.78, 5) is 4.62. The number of aryl methyl sites for hydroxylation is 2. The molecule has 1 aromatic carbocycles. The van der Waals surface area contributed by atoms with Crippen molar-refractivity contribution in [1.82, 2.24) is 9.55 Å². The molecule has 0 aliphatic rings. The molecule has 2 rings (SSSR count). The Hall–Kier alpha value is -1.33. The summed E-state index contributed by atoms with van der Waals surface area (Å²) in [5, 5.41) is 9.09. The first kappa shape index (κ1) is 15.1. The third kappa shape index (κ3) is 2.60. The number of hydrogen-bond donors (Lipinski definition) is 1. The smallest absolute Gasteiger partial charge is 0.124 e. The van der Waals surface area contributed by atoms with E-state index < -0.39 is 0 Å². The van der Waals surface area contributed by atoms with E-state index in [1.165, 1.54) is 0 Å². The van der Waals surface area contributed by atoms with E-state index in [1.807, 2.05) is 25.5 Å². The van der Waals surface area contributed by atoms with Crippen LogP contribution in [0.3, 0.4) is 0 Å². The minimum absolute atomic E-state index is 0.0946. The van der Waals surface area contributed by atoms with Crippen molar-refractivity contribution in [3.63, 3.8) is 0 Å². The molecule has 0 amide bonds. The lowest BCUT2D eigenvalue weighted by Gasteiger charge is -2.10. The second kappa shape index (κ2) is 5.97. The fourth-order valence-corrected chi connectivity index (χ4v) is 2.96. The van der Waals surface area contributed by atoms with Crippen molar-refractivity contribution in [2.45, 2.75) is 20.3 Å². The van der Waals surface area contributed by atoms with Gasteiger partial charge in [0.2, 0.25) is 0 Å². The van der Waals surface area contributed by atoms with Crippen molar-refractivity contribution in [3.05, 3.63) is 33.7 Å². The van der Waals surface area contributed by atoms with Gasteiger partial charge in [0.05, 0.1) is 13.7 Å². The fraction of sp³-hybridized carbons (Fsp3) is 0.400. The number of ether oxygens (including phenoxy) is 1. The lowest BCUT2D eigenvalue weighted by molar-refractivity contribution is 0.295. The van der Waals surface area contributed by atoms with Crippen LogP contribution in [-0.2, 0) is 13.5 Å². The molecule has 20 heavy (non-hydrogen) atoms. The zero-order valence-corrected chi connectivity index (χ0v) is 13.8. The highest BCUT2D eigenvalue weighted by Crippen LogP contribution is 2.33. The second-order valence-electron chi connectivity index (χ2n) is 4.84. The van der Waals surface area contributed by atoms with Gasteiger partial charge in [-0.05, 0) is 53.0 Å². The van der Waals surface area contributed by atoms with E-state index in [9.17, 15) is 0 Å². The molecular formula is C15H19BrN2O2. The lowest BCUT2D eigenvalue weighted by atomic mass is 10.0. The van der Waals surface area contributed by atoms with Gasteiger partial charge in [-0.25, -0.2) is 4.98 Å². The maximum absolute atomic E-state index is 9.09. The van der Waals surface area contributed by atoms with Crippen molar-refractivity contribution >= 4 is 15.9 Å². The molecule has 0 saturated carbocycles. The predicted octanol–water partition coefficient (Wildman–Crippen LogP) is 3.01. The fourth-order valence-electron chi connectivity index (χ4n) is 2.44. The van der Waals surface area contributed by atoms with Gasteiger partial charge < -0.3 is 14.4 Å². The molecule has 0 spiro atoms. The van der Waals surface area contributed by atoms with Gasteiger partial charge in [0, 0.05) is 19.0 Å². The van der Waals surface area contributed by atoms with E-state index in [2.05, 4.69) is 33.0 Å². The highest BCUT2D eigenvalue weighted by Gasteiger charge is 2.16. The van der Waals surface area contributed by atoms with E-state index in [-0.39, 0.29) is 6.61 Å². The Balaban J connectivity index is 2.54. The van der Waals surface area contributed by atoms with Crippen LogP contribution < -0.4 is 4.74 Å². The second-order valence-corrected chi connectivity index (χ2v) is 5.59. The largest absolute Gasteiger partial charge is 0.496 e. The SMILES string of the molecule is COc1c(C)cc(-c2nc(CCO)n(C)c2Br)cc1C. The van der Waals surface area contributed by atoms with Gasteiger partial charge in [-0.3, -0.25) is 0 Å². The van der Waals surface area contributed by atoms with E-state index in [0.717, 1.165) is 38.6 Å². The Kier molecular flexibility index (Phi) is 4.50. The van der Waals surface area contributed by atoms with Gasteiger partial charge in [-0.2, -0.15) is 0 Å². The maximum atomic E-state index is 9.09. The predicted molar refractivity (Wildman–Crippen MR) is 83.2 cm³/mol. The van der Waals surface area contributed by atoms with Crippen LogP contribution in [0.5, 0.6) is 5.75 Å². The number of aliphatic hydroxyl groups excluding tert-OH is 1. The highest BCUT2D eigenvalue weighted by molar-refractivity contribution is 9.10. The lowest BCUT2D eigenvalue weighted by Crippen LogP contribution is -2.00. The number of rotatable bonds is 4. The number of aliphatic hydroxyl groups is 1. The Bertz CT molecular complexity index is 612. The number of methoxy groups -OCH3 is 1. The quantitative estimate of drug-likeness (QED) is 0.932. The van der Waals surface area contributed by atoms with Crippen molar-refractivity contribution in [2.24, 2.45) is 7.05 Å². The molecule has 108 valence electrons. The molecule has 0 atom stereocenters. The highest BCUT2D eigenvalue weighted by atomic mass is 79.9. The van der Waals surface area contributed by atoms with Crippen LogP contribution in [0.25, 0.3) is 11.3 Å². The van der Waals surface area contributed by atoms with Crippen molar-refractivity contribution in [1.29, 1.82) is 0 Å². The third-order valence-corrected chi connectivity index (χ3v) is 4.30. The summed E-state index contributed by atoms with van der Waals surface area (Å²) in [7, 11) is 3.62. The van der Waals surface area contributed by atoms with Gasteiger partial charge in [0.15, 0.2) is 0 Å². The first-order chi connectivity index (χ1) is 9.49. The number of imidazole rings is 1. The molecule has 2 aromatic rings. The molecule has 0 aliphatic heterocycles. The Morgan fingerprint density at radius 3 is 2.40 bits per heavy atom. The summed E-state index contributed by atoms with van der Waals surface area (Å²) in [6.07, 6.45) is 0.545. The van der Waals surface area contributed by atoms with Gasteiger partial charge in [-0.1, -0.05) is 0 Å². The first-order valence-electron chi connectivity index (χ1n) is 6.47. The summed E-state index contributed by atoms with van der Waals surface area (Å²) in [6.45, 7) is 4.15. The molecule has 5 heteroatoms. The maximum Gasteiger partial charge on any atom is 0.124 e. The molecule has 0 radical (unpaired) electrons. The summed E-state index contributed by atoms with van der Waals surface area (Å²) >= 11 is 3.58. The van der Waals surface area contributed by atoms with Crippen LogP contribution in [0.4, 0.5) is 0 Å². The minimum atomic E-state index is 0.0946. The topological polar surface area (TPSA) is 47.3 Å². The average Bonchev–Trinajstić information content (AvgIpc) is 2.67. The number of nitrogens with zero attached hydrogens (tertiary/aromatic N) is 2. The van der Waals surface area contributed by atoms with Crippen molar-refractivity contribution in [2.75, 3.05) is 13.7 Å². The molecule has 0 unspecified atom stereocenters. The Morgan fingerprint density at radius 2 is 1.90 bits per heavy atom. The number of halogens is 1. The van der Waals surface area contributed by atoms with E-state index >= 15 is 0 Å². The van der Waals surface area contributed by atoms with Crippen LogP contribution in [0.1, 0.15) is 17.0 Å². The number of benzene rings is 1. The first-order valence-corrected chi connectivity index (χ1v) is 7.26. The molecule has 4 nitrogen and oxygen atoms in total. The van der Waals surface area contributed by atoms with E-state index in [0.29, 0.717) is 6.42 Å². The van der Waals surface area contributed by atoms with Crippen molar-refractivity contribution < 1.29 is 9.84 Å². The van der Waals surface area contributed by atoms with Crippen LogP contribution in [0.15, 0.2) is 16.7 Å². The summed E-state index contributed by atoms with van der Waals surface area (Å²) in [5.41, 5.74) is 4.12. The van der Waals surface area contributed by atoms with Gasteiger partial charge in [0.1, 0.15) is 21.9 Å². The molecule has 1 N–H and O–H groups in total. The Morgan fingerprint density at radius 1 is 1.30 bits per heavy atom. The van der Waals surface area contributed by atoms with Gasteiger partial charge >= 0.3 is 0 Å². The Labute approximate surface area is 127 Å². The summed E-state index contributed by atoms with van der Waals surface area (Å²) in [5.74, 6) is 1.77. The average molecular weight is 339 g/mol. The molecule has 1 aromatic heterocycles. The monoisotopic (exact) mass is 338 g/mol. The van der Waals surface area contributed by atoms with Gasteiger partial charge in [0.25, 0.3) is 0 Å². The van der Waals surface area contributed by atoms with E-state index in [1.54, 1.807) is 7.11 Å². The normalized spacial score (nSPS) is 10.9. The number of hydrogen-bond acceptors (Lipinski definition) is 3. The molecule has 0 saturated heterocycles. The van der Waals surface area contributed by atoms with Crippen LogP contribution >= 0.6 is 15.9 Å². The van der Waals surface area contributed by atoms with Crippen LogP contribution in [0, 0.1) is 13.8 Å². The number of aromatic nitrogens is 2. The molecule has 0 fully saturated rings. The minimum Gasteiger partial charge on any atom is -0.496 e. The standard InChI is InChI=1S/C15H19BrN2O2/c1-9-7-11(8-10(2)14(9)20-4)13-15(16)18(3)12(17-13)5-6-19/h7-8,19H,5-6H2,1-4H3. The zero-order chi connectivity index (χ0) is 14.9.